The number of amides is 1. The molecular formula is C16H16N2O2. The number of carbonyl (C=O) groups is 1. The predicted molar refractivity (Wildman–Crippen MR) is 77.5 cm³/mol. The first kappa shape index (κ1) is 13.8. The molecule has 0 atom stereocenters. The predicted octanol–water partition coefficient (Wildman–Crippen LogP) is 2.58. The summed E-state index contributed by atoms with van der Waals surface area (Å²) in [5.41, 5.74) is 1.52. The number of rotatable bonds is 6. The van der Waals surface area contributed by atoms with E-state index in [-0.39, 0.29) is 5.91 Å². The van der Waals surface area contributed by atoms with Gasteiger partial charge in [0.1, 0.15) is 12.4 Å². The van der Waals surface area contributed by atoms with Gasteiger partial charge < -0.3 is 10.1 Å². The molecule has 4 nitrogen and oxygen atoms in total. The zero-order chi connectivity index (χ0) is 14.2. The van der Waals surface area contributed by atoms with Gasteiger partial charge in [-0.25, -0.2) is 0 Å². The Kier molecular flexibility index (Phi) is 4.89. The van der Waals surface area contributed by atoms with Crippen molar-refractivity contribution in [1.29, 1.82) is 0 Å². The largest absolute Gasteiger partial charge is 0.490 e. The van der Waals surface area contributed by atoms with Gasteiger partial charge in [-0.1, -0.05) is 24.8 Å². The smallest absolute Gasteiger partial charge is 0.251 e. The van der Waals surface area contributed by atoms with E-state index in [1.54, 1.807) is 42.7 Å². The summed E-state index contributed by atoms with van der Waals surface area (Å²) < 4.78 is 5.40. The van der Waals surface area contributed by atoms with Crippen LogP contribution in [-0.4, -0.2) is 17.5 Å². The molecule has 0 unspecified atom stereocenters. The summed E-state index contributed by atoms with van der Waals surface area (Å²) in [5, 5.41) is 2.84. The maximum Gasteiger partial charge on any atom is 0.251 e. The second kappa shape index (κ2) is 7.09. The van der Waals surface area contributed by atoms with Crippen molar-refractivity contribution in [3.8, 4) is 5.75 Å². The highest BCUT2D eigenvalue weighted by atomic mass is 16.5. The Morgan fingerprint density at radius 1 is 1.35 bits per heavy atom. The fourth-order valence-electron chi connectivity index (χ4n) is 1.67. The monoisotopic (exact) mass is 268 g/mol. The number of ether oxygens (including phenoxy) is 1. The maximum atomic E-state index is 12.0. The fraction of sp³-hybridized carbons (Fsp3) is 0.125. The molecule has 0 saturated carbocycles. The molecule has 2 aromatic rings. The van der Waals surface area contributed by atoms with Crippen LogP contribution >= 0.6 is 0 Å². The molecule has 4 heteroatoms. The number of hydrogen-bond donors (Lipinski definition) is 1. The van der Waals surface area contributed by atoms with Crippen LogP contribution in [0.2, 0.25) is 0 Å². The number of nitrogens with zero attached hydrogens (tertiary/aromatic N) is 1. The van der Waals surface area contributed by atoms with Gasteiger partial charge in [0, 0.05) is 24.5 Å². The Morgan fingerprint density at radius 2 is 2.25 bits per heavy atom. The molecule has 1 N–H and O–H groups in total. The van der Waals surface area contributed by atoms with Crippen LogP contribution in [0, 0.1) is 0 Å². The SMILES string of the molecule is C=CCOc1cccc(C(=O)NCc2cccnc2)c1. The summed E-state index contributed by atoms with van der Waals surface area (Å²) in [6, 6.07) is 10.8. The molecule has 20 heavy (non-hydrogen) atoms. The van der Waals surface area contributed by atoms with Gasteiger partial charge in [0.15, 0.2) is 0 Å². The van der Waals surface area contributed by atoms with Crippen LogP contribution in [0.25, 0.3) is 0 Å². The van der Waals surface area contributed by atoms with E-state index in [0.29, 0.717) is 24.5 Å². The van der Waals surface area contributed by atoms with Crippen LogP contribution in [-0.2, 0) is 6.54 Å². The van der Waals surface area contributed by atoms with Gasteiger partial charge in [0.2, 0.25) is 0 Å². The van der Waals surface area contributed by atoms with Gasteiger partial charge in [-0.15, -0.1) is 0 Å². The number of nitrogens with one attached hydrogen (secondary N) is 1. The van der Waals surface area contributed by atoms with Crippen LogP contribution in [0.1, 0.15) is 15.9 Å². The molecule has 0 saturated heterocycles. The van der Waals surface area contributed by atoms with Gasteiger partial charge in [-0.05, 0) is 29.8 Å². The molecule has 0 aliphatic heterocycles. The molecule has 1 amide bonds. The van der Waals surface area contributed by atoms with Crippen molar-refractivity contribution in [2.45, 2.75) is 6.54 Å². The normalized spacial score (nSPS) is 9.80. The molecule has 1 aromatic heterocycles. The van der Waals surface area contributed by atoms with E-state index in [4.69, 9.17) is 4.74 Å². The van der Waals surface area contributed by atoms with Gasteiger partial charge in [0.25, 0.3) is 5.91 Å². The van der Waals surface area contributed by atoms with Crippen LogP contribution < -0.4 is 10.1 Å². The molecule has 0 radical (unpaired) electrons. The molecule has 0 spiro atoms. The van der Waals surface area contributed by atoms with E-state index in [9.17, 15) is 4.79 Å². The topological polar surface area (TPSA) is 51.2 Å². The Hall–Kier alpha value is -2.62. The molecule has 0 aliphatic rings. The average molecular weight is 268 g/mol. The Labute approximate surface area is 118 Å². The van der Waals surface area contributed by atoms with Crippen molar-refractivity contribution < 1.29 is 9.53 Å². The molecule has 102 valence electrons. The van der Waals surface area contributed by atoms with Crippen molar-refractivity contribution in [1.82, 2.24) is 10.3 Å². The number of hydrogen-bond acceptors (Lipinski definition) is 3. The zero-order valence-electron chi connectivity index (χ0n) is 11.1. The molecule has 0 fully saturated rings. The highest BCUT2D eigenvalue weighted by Gasteiger charge is 2.06. The van der Waals surface area contributed by atoms with Crippen molar-refractivity contribution in [3.05, 3.63) is 72.6 Å². The summed E-state index contributed by atoms with van der Waals surface area (Å²) in [6.07, 6.45) is 5.09. The number of aromatic nitrogens is 1. The van der Waals surface area contributed by atoms with E-state index >= 15 is 0 Å². The first-order chi connectivity index (χ1) is 9.79. The lowest BCUT2D eigenvalue weighted by Gasteiger charge is -2.07. The average Bonchev–Trinajstić information content (AvgIpc) is 2.52. The molecule has 0 aliphatic carbocycles. The van der Waals surface area contributed by atoms with Crippen molar-refractivity contribution in [3.63, 3.8) is 0 Å². The van der Waals surface area contributed by atoms with Gasteiger partial charge >= 0.3 is 0 Å². The first-order valence-corrected chi connectivity index (χ1v) is 6.30. The number of benzene rings is 1. The standard InChI is InChI=1S/C16H16N2O2/c1-2-9-20-15-7-3-6-14(10-15)16(19)18-12-13-5-4-8-17-11-13/h2-8,10-11H,1,9,12H2,(H,18,19). The van der Waals surface area contributed by atoms with E-state index in [0.717, 1.165) is 5.56 Å². The Balaban J connectivity index is 1.96. The second-order valence-electron chi connectivity index (χ2n) is 4.17. The maximum absolute atomic E-state index is 12.0. The van der Waals surface area contributed by atoms with E-state index in [1.807, 2.05) is 12.1 Å². The summed E-state index contributed by atoms with van der Waals surface area (Å²) in [7, 11) is 0. The minimum atomic E-state index is -0.141. The molecule has 1 heterocycles. The van der Waals surface area contributed by atoms with Gasteiger partial charge in [-0.2, -0.15) is 0 Å². The van der Waals surface area contributed by atoms with Crippen molar-refractivity contribution in [2.24, 2.45) is 0 Å². The lowest BCUT2D eigenvalue weighted by molar-refractivity contribution is 0.0950. The zero-order valence-corrected chi connectivity index (χ0v) is 11.1. The second-order valence-corrected chi connectivity index (χ2v) is 4.17. The van der Waals surface area contributed by atoms with E-state index in [2.05, 4.69) is 16.9 Å². The van der Waals surface area contributed by atoms with E-state index in [1.165, 1.54) is 0 Å². The Morgan fingerprint density at radius 3 is 3.00 bits per heavy atom. The highest BCUT2D eigenvalue weighted by molar-refractivity contribution is 5.94. The van der Waals surface area contributed by atoms with Gasteiger partial charge in [0.05, 0.1) is 0 Å². The highest BCUT2D eigenvalue weighted by Crippen LogP contribution is 2.13. The molecule has 1 aromatic carbocycles. The third kappa shape index (κ3) is 3.95. The van der Waals surface area contributed by atoms with Crippen LogP contribution in [0.5, 0.6) is 5.75 Å². The van der Waals surface area contributed by atoms with Crippen LogP contribution in [0.4, 0.5) is 0 Å². The number of pyridine rings is 1. The summed E-state index contributed by atoms with van der Waals surface area (Å²) in [4.78, 5) is 16.0. The summed E-state index contributed by atoms with van der Waals surface area (Å²) in [5.74, 6) is 0.511. The van der Waals surface area contributed by atoms with Crippen LogP contribution in [0.15, 0.2) is 61.4 Å². The minimum Gasteiger partial charge on any atom is -0.490 e. The fourth-order valence-corrected chi connectivity index (χ4v) is 1.67. The first-order valence-electron chi connectivity index (χ1n) is 6.30. The lowest BCUT2D eigenvalue weighted by Crippen LogP contribution is -2.22. The Bertz CT molecular complexity index is 582. The van der Waals surface area contributed by atoms with E-state index < -0.39 is 0 Å². The quantitative estimate of drug-likeness (QED) is 0.819. The van der Waals surface area contributed by atoms with Crippen LogP contribution in [0.3, 0.4) is 0 Å². The summed E-state index contributed by atoms with van der Waals surface area (Å²) in [6.45, 7) is 4.45. The van der Waals surface area contributed by atoms with Crippen molar-refractivity contribution in [2.75, 3.05) is 6.61 Å². The third-order valence-corrected chi connectivity index (χ3v) is 2.64. The lowest BCUT2D eigenvalue weighted by atomic mass is 10.2. The molecule has 0 bridgehead atoms. The third-order valence-electron chi connectivity index (χ3n) is 2.64. The molecular weight excluding hydrogens is 252 g/mol. The minimum absolute atomic E-state index is 0.141. The number of carbonyl (C=O) groups excluding carboxylic acids is 1. The van der Waals surface area contributed by atoms with Crippen molar-refractivity contribution >= 4 is 5.91 Å². The molecule has 2 rings (SSSR count). The van der Waals surface area contributed by atoms with Gasteiger partial charge in [-0.3, -0.25) is 9.78 Å². The summed E-state index contributed by atoms with van der Waals surface area (Å²) >= 11 is 0.